The predicted octanol–water partition coefficient (Wildman–Crippen LogP) is 2.40. The van der Waals surface area contributed by atoms with Gasteiger partial charge in [0.05, 0.1) is 19.8 Å². The summed E-state index contributed by atoms with van der Waals surface area (Å²) in [7, 11) is 2.99. The minimum absolute atomic E-state index is 0.0537. The molecule has 8 nitrogen and oxygen atoms in total. The first kappa shape index (κ1) is 23.3. The Labute approximate surface area is 199 Å². The van der Waals surface area contributed by atoms with E-state index >= 15 is 0 Å². The standard InChI is InChI=1S/C26H28N4O4/c1-33-24-21(18-27-25(28-24)34-2)9-11-23(32)30-17-14-26(19-30)12-15-29(16-13-26)22(31)10-8-20-6-4-3-5-7-20/h3-7,9,11,18H,12-17,19H2,1-2H3/b11-9+. The Kier molecular flexibility index (Phi) is 7.12. The quantitative estimate of drug-likeness (QED) is 0.515. The highest BCUT2D eigenvalue weighted by molar-refractivity contribution is 5.94. The van der Waals surface area contributed by atoms with Gasteiger partial charge in [-0.15, -0.1) is 0 Å². The van der Waals surface area contributed by atoms with E-state index in [1.807, 2.05) is 40.1 Å². The van der Waals surface area contributed by atoms with E-state index < -0.39 is 0 Å². The molecule has 0 N–H and O–H groups in total. The van der Waals surface area contributed by atoms with Crippen molar-refractivity contribution >= 4 is 17.9 Å². The molecule has 2 amide bonds. The number of aromatic nitrogens is 2. The lowest BCUT2D eigenvalue weighted by atomic mass is 9.78. The van der Waals surface area contributed by atoms with Crippen LogP contribution in [0.25, 0.3) is 6.08 Å². The third kappa shape index (κ3) is 5.37. The van der Waals surface area contributed by atoms with Crippen LogP contribution in [0, 0.1) is 17.3 Å². The highest BCUT2D eigenvalue weighted by atomic mass is 16.5. The maximum absolute atomic E-state index is 12.8. The Morgan fingerprint density at radius 3 is 2.41 bits per heavy atom. The number of ether oxygens (including phenoxy) is 2. The summed E-state index contributed by atoms with van der Waals surface area (Å²) in [5.41, 5.74) is 1.50. The van der Waals surface area contributed by atoms with Crippen molar-refractivity contribution in [2.24, 2.45) is 5.41 Å². The molecule has 0 aliphatic carbocycles. The fourth-order valence-electron chi connectivity index (χ4n) is 4.44. The van der Waals surface area contributed by atoms with Gasteiger partial charge >= 0.3 is 6.01 Å². The molecule has 2 fully saturated rings. The first-order chi connectivity index (χ1) is 16.5. The highest BCUT2D eigenvalue weighted by Gasteiger charge is 2.42. The maximum Gasteiger partial charge on any atom is 0.319 e. The van der Waals surface area contributed by atoms with Crippen LogP contribution in [0.1, 0.15) is 30.4 Å². The minimum atomic E-state index is -0.136. The van der Waals surface area contributed by atoms with Crippen molar-refractivity contribution in [3.05, 3.63) is 53.7 Å². The summed E-state index contributed by atoms with van der Waals surface area (Å²) >= 11 is 0. The first-order valence-corrected chi connectivity index (χ1v) is 11.3. The van der Waals surface area contributed by atoms with Crippen LogP contribution in [0.15, 0.2) is 42.6 Å². The second kappa shape index (κ2) is 10.4. The van der Waals surface area contributed by atoms with Crippen LogP contribution in [-0.2, 0) is 9.59 Å². The average Bonchev–Trinajstić information content (AvgIpc) is 3.30. The van der Waals surface area contributed by atoms with Gasteiger partial charge in [-0.05, 0) is 42.9 Å². The van der Waals surface area contributed by atoms with Crippen LogP contribution in [0.3, 0.4) is 0 Å². The van der Waals surface area contributed by atoms with Gasteiger partial charge in [-0.1, -0.05) is 24.1 Å². The number of methoxy groups -OCH3 is 2. The molecule has 34 heavy (non-hydrogen) atoms. The third-order valence-corrected chi connectivity index (χ3v) is 6.49. The normalized spacial score (nSPS) is 16.9. The van der Waals surface area contributed by atoms with Gasteiger partial charge < -0.3 is 19.3 Å². The zero-order valence-corrected chi connectivity index (χ0v) is 19.5. The van der Waals surface area contributed by atoms with Crippen molar-refractivity contribution in [3.8, 4) is 23.7 Å². The van der Waals surface area contributed by atoms with Gasteiger partial charge in [-0.25, -0.2) is 4.98 Å². The number of amides is 2. The number of rotatable bonds is 4. The number of likely N-dealkylation sites (tertiary alicyclic amines) is 2. The number of carbonyl (C=O) groups excluding carboxylic acids is 2. The largest absolute Gasteiger partial charge is 0.480 e. The van der Waals surface area contributed by atoms with Gasteiger partial charge in [-0.3, -0.25) is 9.59 Å². The number of piperidine rings is 1. The van der Waals surface area contributed by atoms with Crippen LogP contribution in [0.5, 0.6) is 11.9 Å². The molecule has 0 radical (unpaired) electrons. The van der Waals surface area contributed by atoms with E-state index in [1.54, 1.807) is 12.3 Å². The lowest BCUT2D eigenvalue weighted by molar-refractivity contribution is -0.128. The molecule has 8 heteroatoms. The van der Waals surface area contributed by atoms with E-state index in [4.69, 9.17) is 9.47 Å². The van der Waals surface area contributed by atoms with E-state index in [1.165, 1.54) is 20.3 Å². The van der Waals surface area contributed by atoms with Gasteiger partial charge in [0, 0.05) is 49.9 Å². The number of carbonyl (C=O) groups is 2. The summed E-state index contributed by atoms with van der Waals surface area (Å²) in [4.78, 5) is 37.2. The van der Waals surface area contributed by atoms with Gasteiger partial charge in [0.15, 0.2) is 0 Å². The van der Waals surface area contributed by atoms with Crippen molar-refractivity contribution in [1.29, 1.82) is 0 Å². The molecular weight excluding hydrogens is 432 g/mol. The van der Waals surface area contributed by atoms with Crippen LogP contribution >= 0.6 is 0 Å². The molecule has 3 heterocycles. The molecule has 0 saturated carbocycles. The van der Waals surface area contributed by atoms with Crippen molar-refractivity contribution in [2.75, 3.05) is 40.4 Å². The molecular formula is C26H28N4O4. The van der Waals surface area contributed by atoms with E-state index in [0.29, 0.717) is 37.6 Å². The summed E-state index contributed by atoms with van der Waals surface area (Å²) in [5, 5.41) is 0. The Balaban J connectivity index is 1.31. The summed E-state index contributed by atoms with van der Waals surface area (Å²) < 4.78 is 10.3. The minimum Gasteiger partial charge on any atom is -0.480 e. The van der Waals surface area contributed by atoms with Gasteiger partial charge in [0.25, 0.3) is 5.91 Å². The van der Waals surface area contributed by atoms with E-state index in [9.17, 15) is 9.59 Å². The first-order valence-electron chi connectivity index (χ1n) is 11.3. The van der Waals surface area contributed by atoms with E-state index in [0.717, 1.165) is 24.8 Å². The summed E-state index contributed by atoms with van der Waals surface area (Å²) in [6.07, 6.45) is 7.45. The number of hydrogen-bond donors (Lipinski definition) is 0. The van der Waals surface area contributed by atoms with Crippen molar-refractivity contribution < 1.29 is 19.1 Å². The Morgan fingerprint density at radius 2 is 1.74 bits per heavy atom. The number of nitrogens with zero attached hydrogens (tertiary/aromatic N) is 4. The third-order valence-electron chi connectivity index (χ3n) is 6.49. The highest BCUT2D eigenvalue weighted by Crippen LogP contribution is 2.40. The Hall–Kier alpha value is -3.86. The molecule has 2 saturated heterocycles. The number of hydrogen-bond acceptors (Lipinski definition) is 6. The number of benzene rings is 1. The molecule has 2 aromatic rings. The molecule has 1 spiro atoms. The zero-order valence-electron chi connectivity index (χ0n) is 19.5. The summed E-state index contributed by atoms with van der Waals surface area (Å²) in [5.74, 6) is 5.86. The predicted molar refractivity (Wildman–Crippen MR) is 127 cm³/mol. The maximum atomic E-state index is 12.8. The second-order valence-electron chi connectivity index (χ2n) is 8.57. The Bertz CT molecular complexity index is 1130. The smallest absolute Gasteiger partial charge is 0.319 e. The van der Waals surface area contributed by atoms with Gasteiger partial charge in [0.1, 0.15) is 0 Å². The molecule has 0 atom stereocenters. The molecule has 0 unspecified atom stereocenters. The molecule has 2 aliphatic heterocycles. The summed E-state index contributed by atoms with van der Waals surface area (Å²) in [6, 6.07) is 9.72. The molecule has 176 valence electrons. The zero-order chi connectivity index (χ0) is 24.0. The van der Waals surface area contributed by atoms with Gasteiger partial charge in [-0.2, -0.15) is 4.98 Å². The second-order valence-corrected chi connectivity index (χ2v) is 8.57. The van der Waals surface area contributed by atoms with Crippen LogP contribution < -0.4 is 9.47 Å². The van der Waals surface area contributed by atoms with Crippen molar-refractivity contribution in [3.63, 3.8) is 0 Å². The summed E-state index contributed by atoms with van der Waals surface area (Å²) in [6.45, 7) is 2.74. The molecule has 4 rings (SSSR count). The average molecular weight is 461 g/mol. The lowest BCUT2D eigenvalue weighted by Gasteiger charge is -2.38. The van der Waals surface area contributed by atoms with Crippen LogP contribution in [-0.4, -0.2) is 72.0 Å². The monoisotopic (exact) mass is 460 g/mol. The van der Waals surface area contributed by atoms with Crippen molar-refractivity contribution in [2.45, 2.75) is 19.3 Å². The fraction of sp³-hybridized carbons (Fsp3) is 0.385. The van der Waals surface area contributed by atoms with Gasteiger partial charge in [0.2, 0.25) is 11.8 Å². The van der Waals surface area contributed by atoms with Crippen molar-refractivity contribution in [1.82, 2.24) is 19.8 Å². The Morgan fingerprint density at radius 1 is 1.03 bits per heavy atom. The SMILES string of the molecule is COc1ncc(/C=C/C(=O)N2CCC3(CCN(C(=O)C#Cc4ccccc4)CC3)C2)c(OC)n1. The fourth-order valence-corrected chi connectivity index (χ4v) is 4.44. The molecule has 2 aliphatic rings. The molecule has 0 bridgehead atoms. The van der Waals surface area contributed by atoms with E-state index in [-0.39, 0.29) is 23.2 Å². The molecule has 1 aromatic carbocycles. The topological polar surface area (TPSA) is 84.9 Å². The van der Waals surface area contributed by atoms with Crippen LogP contribution in [0.2, 0.25) is 0 Å². The van der Waals surface area contributed by atoms with E-state index in [2.05, 4.69) is 21.8 Å². The molecule has 1 aromatic heterocycles. The van der Waals surface area contributed by atoms with Crippen LogP contribution in [0.4, 0.5) is 0 Å². The lowest BCUT2D eigenvalue weighted by Crippen LogP contribution is -2.44.